The number of benzene rings is 1. The maximum atomic E-state index is 12.3. The summed E-state index contributed by atoms with van der Waals surface area (Å²) in [5.41, 5.74) is 0.636. The molecule has 1 N–H and O–H groups in total. The number of carbonyl (C=O) groups is 1. The first-order chi connectivity index (χ1) is 9.58. The molecule has 6 heteroatoms. The van der Waals surface area contributed by atoms with E-state index in [4.69, 9.17) is 0 Å². The maximum Gasteiger partial charge on any atom is 0.252 e. The number of carbonyl (C=O) groups excluding carboxylic acids is 1. The normalized spacial score (nSPS) is 12.4. The molecule has 0 saturated heterocycles. The van der Waals surface area contributed by atoms with Crippen molar-refractivity contribution < 1.29 is 4.79 Å². The zero-order valence-electron chi connectivity index (χ0n) is 11.5. The van der Waals surface area contributed by atoms with E-state index in [2.05, 4.69) is 45.4 Å². The van der Waals surface area contributed by atoms with E-state index in [9.17, 15) is 4.79 Å². The fourth-order valence-corrected chi connectivity index (χ4v) is 2.31. The largest absolute Gasteiger partial charge is 0.347 e. The lowest BCUT2D eigenvalue weighted by molar-refractivity contribution is 0.0918. The monoisotopic (exact) mass is 336 g/mol. The Kier molecular flexibility index (Phi) is 4.89. The summed E-state index contributed by atoms with van der Waals surface area (Å²) in [6.07, 6.45) is 3.42. The van der Waals surface area contributed by atoms with E-state index in [-0.39, 0.29) is 11.9 Å². The lowest BCUT2D eigenvalue weighted by Crippen LogP contribution is -2.41. The van der Waals surface area contributed by atoms with Crippen molar-refractivity contribution in [2.75, 3.05) is 0 Å². The van der Waals surface area contributed by atoms with E-state index < -0.39 is 0 Å². The number of amides is 1. The van der Waals surface area contributed by atoms with Crippen molar-refractivity contribution in [2.45, 2.75) is 26.4 Å². The molecule has 1 heterocycles. The molecule has 0 aliphatic heterocycles. The Morgan fingerprint density at radius 1 is 1.40 bits per heavy atom. The third-order valence-electron chi connectivity index (χ3n) is 3.10. The minimum Gasteiger partial charge on any atom is -0.347 e. The van der Waals surface area contributed by atoms with Gasteiger partial charge < -0.3 is 5.32 Å². The second kappa shape index (κ2) is 6.65. The van der Waals surface area contributed by atoms with Gasteiger partial charge in [-0.25, -0.2) is 0 Å². The zero-order chi connectivity index (χ0) is 14.5. The smallest absolute Gasteiger partial charge is 0.252 e. The van der Waals surface area contributed by atoms with Crippen LogP contribution < -0.4 is 5.32 Å². The van der Waals surface area contributed by atoms with Crippen LogP contribution in [0.2, 0.25) is 0 Å². The molecule has 0 bridgehead atoms. The van der Waals surface area contributed by atoms with Gasteiger partial charge in [-0.15, -0.1) is 5.10 Å². The zero-order valence-corrected chi connectivity index (χ0v) is 13.0. The van der Waals surface area contributed by atoms with E-state index in [1.165, 1.54) is 0 Å². The minimum atomic E-state index is -0.0868. The first-order valence-electron chi connectivity index (χ1n) is 6.47. The van der Waals surface area contributed by atoms with Gasteiger partial charge in [0.1, 0.15) is 0 Å². The minimum absolute atomic E-state index is 0.00342. The molecular formula is C14H17BrN4O. The molecule has 5 nitrogen and oxygen atoms in total. The van der Waals surface area contributed by atoms with Crippen LogP contribution in [0.3, 0.4) is 0 Å². The third-order valence-corrected chi connectivity index (χ3v) is 3.79. The third kappa shape index (κ3) is 3.66. The summed E-state index contributed by atoms with van der Waals surface area (Å²) < 4.78 is 2.52. The summed E-state index contributed by atoms with van der Waals surface area (Å²) in [5, 5.41) is 10.8. The van der Waals surface area contributed by atoms with Crippen molar-refractivity contribution in [1.82, 2.24) is 20.3 Å². The molecule has 1 atom stereocenters. The molecule has 106 valence electrons. The fourth-order valence-electron chi connectivity index (χ4n) is 1.85. The highest BCUT2D eigenvalue weighted by Gasteiger charge is 2.19. The van der Waals surface area contributed by atoms with Crippen LogP contribution in [0.1, 0.15) is 24.2 Å². The standard InChI is InChI=1S/C14H17BrN4O/c1-10(2)13(9-19-8-7-16-18-19)17-14(20)11-5-3-4-6-12(11)15/h3-8,10,13H,9H2,1-2H3,(H,17,20)/t13-/m0/s1. The van der Waals surface area contributed by atoms with Crippen LogP contribution in [-0.2, 0) is 6.54 Å². The molecule has 0 saturated carbocycles. The number of nitrogens with zero attached hydrogens (tertiary/aromatic N) is 3. The fraction of sp³-hybridized carbons (Fsp3) is 0.357. The highest BCUT2D eigenvalue weighted by molar-refractivity contribution is 9.10. The second-order valence-electron chi connectivity index (χ2n) is 4.93. The van der Waals surface area contributed by atoms with Gasteiger partial charge in [0.2, 0.25) is 0 Å². The first kappa shape index (κ1) is 14.7. The molecule has 2 aromatic rings. The number of aromatic nitrogens is 3. The average molecular weight is 337 g/mol. The van der Waals surface area contributed by atoms with Gasteiger partial charge in [0.05, 0.1) is 24.3 Å². The van der Waals surface area contributed by atoms with Crippen LogP contribution in [0.5, 0.6) is 0 Å². The van der Waals surface area contributed by atoms with Gasteiger partial charge in [0.15, 0.2) is 0 Å². The van der Waals surface area contributed by atoms with Gasteiger partial charge >= 0.3 is 0 Å². The van der Waals surface area contributed by atoms with Crippen molar-refractivity contribution in [1.29, 1.82) is 0 Å². The summed E-state index contributed by atoms with van der Waals surface area (Å²) in [6.45, 7) is 4.75. The Labute approximate surface area is 126 Å². The summed E-state index contributed by atoms with van der Waals surface area (Å²) in [7, 11) is 0. The molecule has 0 unspecified atom stereocenters. The van der Waals surface area contributed by atoms with Crippen molar-refractivity contribution in [3.8, 4) is 0 Å². The van der Waals surface area contributed by atoms with Crippen molar-refractivity contribution in [2.24, 2.45) is 5.92 Å². The number of hydrogen-bond donors (Lipinski definition) is 1. The van der Waals surface area contributed by atoms with Crippen LogP contribution in [0.4, 0.5) is 0 Å². The Balaban J connectivity index is 2.08. The molecule has 0 radical (unpaired) electrons. The molecule has 0 aliphatic rings. The van der Waals surface area contributed by atoms with E-state index in [1.807, 2.05) is 18.2 Å². The quantitative estimate of drug-likeness (QED) is 0.912. The molecule has 20 heavy (non-hydrogen) atoms. The number of halogens is 1. The van der Waals surface area contributed by atoms with Gasteiger partial charge in [-0.05, 0) is 34.0 Å². The van der Waals surface area contributed by atoms with E-state index in [1.54, 1.807) is 23.1 Å². The molecule has 1 amide bonds. The van der Waals surface area contributed by atoms with Gasteiger partial charge in [0, 0.05) is 10.7 Å². The van der Waals surface area contributed by atoms with Crippen LogP contribution >= 0.6 is 15.9 Å². The highest BCUT2D eigenvalue weighted by atomic mass is 79.9. The second-order valence-corrected chi connectivity index (χ2v) is 5.78. The highest BCUT2D eigenvalue weighted by Crippen LogP contribution is 2.16. The SMILES string of the molecule is CC(C)[C@H](Cn1ccnn1)NC(=O)c1ccccc1Br. The number of hydrogen-bond acceptors (Lipinski definition) is 3. The van der Waals surface area contributed by atoms with E-state index in [0.717, 1.165) is 4.47 Å². The Morgan fingerprint density at radius 2 is 2.15 bits per heavy atom. The van der Waals surface area contributed by atoms with Crippen LogP contribution in [0, 0.1) is 5.92 Å². The predicted molar refractivity (Wildman–Crippen MR) is 80.3 cm³/mol. The first-order valence-corrected chi connectivity index (χ1v) is 7.26. The predicted octanol–water partition coefficient (Wildman–Crippen LogP) is 2.50. The van der Waals surface area contributed by atoms with Crippen molar-refractivity contribution in [3.05, 3.63) is 46.7 Å². The van der Waals surface area contributed by atoms with Crippen LogP contribution in [0.15, 0.2) is 41.1 Å². The molecular weight excluding hydrogens is 320 g/mol. The maximum absolute atomic E-state index is 12.3. The molecule has 0 fully saturated rings. The van der Waals surface area contributed by atoms with Crippen molar-refractivity contribution in [3.63, 3.8) is 0 Å². The number of rotatable bonds is 5. The van der Waals surface area contributed by atoms with Gasteiger partial charge in [-0.1, -0.05) is 31.2 Å². The Morgan fingerprint density at radius 3 is 2.75 bits per heavy atom. The summed E-state index contributed by atoms with van der Waals surface area (Å²) in [6, 6.07) is 7.39. The lowest BCUT2D eigenvalue weighted by atomic mass is 10.0. The Hall–Kier alpha value is -1.69. The molecule has 0 aliphatic carbocycles. The van der Waals surface area contributed by atoms with Crippen LogP contribution in [0.25, 0.3) is 0 Å². The van der Waals surface area contributed by atoms with Gasteiger partial charge in [-0.3, -0.25) is 9.48 Å². The van der Waals surface area contributed by atoms with Crippen LogP contribution in [-0.4, -0.2) is 26.9 Å². The lowest BCUT2D eigenvalue weighted by Gasteiger charge is -2.22. The Bertz CT molecular complexity index is 568. The van der Waals surface area contributed by atoms with Gasteiger partial charge in [-0.2, -0.15) is 0 Å². The average Bonchev–Trinajstić information content (AvgIpc) is 2.91. The topological polar surface area (TPSA) is 59.8 Å². The summed E-state index contributed by atoms with van der Waals surface area (Å²) >= 11 is 3.40. The van der Waals surface area contributed by atoms with E-state index >= 15 is 0 Å². The van der Waals surface area contributed by atoms with Crippen molar-refractivity contribution >= 4 is 21.8 Å². The summed E-state index contributed by atoms with van der Waals surface area (Å²) in [5.74, 6) is 0.210. The summed E-state index contributed by atoms with van der Waals surface area (Å²) in [4.78, 5) is 12.3. The number of nitrogens with one attached hydrogen (secondary N) is 1. The molecule has 0 spiro atoms. The molecule has 1 aromatic carbocycles. The van der Waals surface area contributed by atoms with Gasteiger partial charge in [0.25, 0.3) is 5.91 Å². The molecule has 1 aromatic heterocycles. The van der Waals surface area contributed by atoms with E-state index in [0.29, 0.717) is 18.0 Å². The molecule has 2 rings (SSSR count).